The minimum atomic E-state index is 0.0365. The fourth-order valence-corrected chi connectivity index (χ4v) is 2.70. The number of anilines is 1. The van der Waals surface area contributed by atoms with Gasteiger partial charge in [-0.05, 0) is 31.5 Å². The van der Waals surface area contributed by atoms with Crippen LogP contribution in [0.3, 0.4) is 0 Å². The summed E-state index contributed by atoms with van der Waals surface area (Å²) in [7, 11) is 0. The van der Waals surface area contributed by atoms with Crippen molar-refractivity contribution in [3.8, 4) is 0 Å². The summed E-state index contributed by atoms with van der Waals surface area (Å²) in [6.45, 7) is 6.82. The van der Waals surface area contributed by atoms with Crippen molar-refractivity contribution < 1.29 is 9.69 Å². The first-order valence-electron chi connectivity index (χ1n) is 8.02. The summed E-state index contributed by atoms with van der Waals surface area (Å²) < 4.78 is 0. The molecule has 0 radical (unpaired) electrons. The fourth-order valence-electron chi connectivity index (χ4n) is 2.52. The van der Waals surface area contributed by atoms with Crippen molar-refractivity contribution in [2.24, 2.45) is 0 Å². The van der Waals surface area contributed by atoms with Gasteiger partial charge in [-0.15, -0.1) is 0 Å². The van der Waals surface area contributed by atoms with E-state index in [1.54, 1.807) is 0 Å². The molecule has 2 N–H and O–H groups in total. The lowest BCUT2D eigenvalue weighted by Crippen LogP contribution is -3.10. The van der Waals surface area contributed by atoms with Gasteiger partial charge in [0.15, 0.2) is 0 Å². The molecule has 2 rings (SSSR count). The fraction of sp³-hybridized carbons (Fsp3) is 0.316. The lowest BCUT2D eigenvalue weighted by atomic mass is 10.2. The molecule has 0 aliphatic rings. The zero-order valence-corrected chi connectivity index (χ0v) is 14.5. The Morgan fingerprint density at radius 1 is 1.13 bits per heavy atom. The molecule has 0 bridgehead atoms. The van der Waals surface area contributed by atoms with Crippen LogP contribution in [0.2, 0.25) is 5.02 Å². The van der Waals surface area contributed by atoms with Crippen molar-refractivity contribution in [1.82, 2.24) is 0 Å². The van der Waals surface area contributed by atoms with E-state index in [4.69, 9.17) is 11.6 Å². The number of nitrogens with one attached hydrogen (secondary N) is 2. The molecule has 4 heteroatoms. The highest BCUT2D eigenvalue weighted by molar-refractivity contribution is 6.31. The molecule has 1 amide bonds. The molecule has 0 aliphatic carbocycles. The smallest absolute Gasteiger partial charge is 0.230 e. The summed E-state index contributed by atoms with van der Waals surface area (Å²) >= 11 is 6.08. The third-order valence-corrected chi connectivity index (χ3v) is 4.45. The van der Waals surface area contributed by atoms with Crippen LogP contribution in [-0.4, -0.2) is 19.0 Å². The molecule has 0 fully saturated rings. The maximum Gasteiger partial charge on any atom is 0.230 e. The first-order valence-corrected chi connectivity index (χ1v) is 8.40. The molecule has 0 heterocycles. The van der Waals surface area contributed by atoms with Gasteiger partial charge in [0.05, 0.1) is 19.5 Å². The molecule has 0 saturated heterocycles. The summed E-state index contributed by atoms with van der Waals surface area (Å²) in [5.41, 5.74) is 3.01. The average molecular weight is 332 g/mol. The lowest BCUT2D eigenvalue weighted by molar-refractivity contribution is -0.911. The number of amides is 1. The van der Waals surface area contributed by atoms with Crippen LogP contribution in [-0.2, 0) is 11.3 Å². The van der Waals surface area contributed by atoms with Gasteiger partial charge < -0.3 is 10.2 Å². The molecule has 0 aromatic heterocycles. The van der Waals surface area contributed by atoms with Gasteiger partial charge in [0.25, 0.3) is 0 Å². The number of quaternary nitrogens is 1. The van der Waals surface area contributed by atoms with E-state index in [2.05, 4.69) is 36.5 Å². The van der Waals surface area contributed by atoms with Crippen molar-refractivity contribution in [3.63, 3.8) is 0 Å². The minimum Gasteiger partial charge on any atom is -0.331 e. The Hall–Kier alpha value is -1.84. The van der Waals surface area contributed by atoms with Crippen LogP contribution in [0.5, 0.6) is 0 Å². The molecule has 1 atom stereocenters. The van der Waals surface area contributed by atoms with E-state index < -0.39 is 0 Å². The van der Waals surface area contributed by atoms with Crippen LogP contribution in [0.1, 0.15) is 24.5 Å². The number of carbonyl (C=O) groups is 1. The van der Waals surface area contributed by atoms with Gasteiger partial charge in [-0.2, -0.15) is 0 Å². The second kappa shape index (κ2) is 8.70. The van der Waals surface area contributed by atoms with Crippen molar-refractivity contribution in [1.29, 1.82) is 0 Å². The summed E-state index contributed by atoms with van der Waals surface area (Å²) in [4.78, 5) is 13.6. The Morgan fingerprint density at radius 3 is 2.57 bits per heavy atom. The van der Waals surface area contributed by atoms with Gasteiger partial charge in [0.1, 0.15) is 6.54 Å². The van der Waals surface area contributed by atoms with Crippen molar-refractivity contribution in [3.05, 3.63) is 64.7 Å². The maximum atomic E-state index is 12.2. The third-order valence-electron chi connectivity index (χ3n) is 4.04. The number of rotatable bonds is 7. The number of benzene rings is 2. The molecule has 1 unspecified atom stereocenters. The molecule has 0 saturated carbocycles. The van der Waals surface area contributed by atoms with Crippen molar-refractivity contribution in [2.45, 2.75) is 26.8 Å². The van der Waals surface area contributed by atoms with E-state index >= 15 is 0 Å². The standard InChI is InChI=1S/C19H23ClN2O/c1-3-22(14-16-8-5-4-6-9-16)13-12-19(23)21-18-11-7-10-17(20)15(18)2/h4-11H,3,12-14H2,1-2H3,(H,21,23)/p+1. The van der Waals surface area contributed by atoms with E-state index in [0.717, 1.165) is 30.9 Å². The molecule has 0 aliphatic heterocycles. The topological polar surface area (TPSA) is 33.5 Å². The molecule has 23 heavy (non-hydrogen) atoms. The average Bonchev–Trinajstić information content (AvgIpc) is 2.56. The van der Waals surface area contributed by atoms with Crippen molar-refractivity contribution in [2.75, 3.05) is 18.4 Å². The Labute approximate surface area is 143 Å². The van der Waals surface area contributed by atoms with Gasteiger partial charge in [0, 0.05) is 16.3 Å². The highest BCUT2D eigenvalue weighted by Crippen LogP contribution is 2.22. The lowest BCUT2D eigenvalue weighted by Gasteiger charge is -2.18. The van der Waals surface area contributed by atoms with Crippen LogP contribution in [0.25, 0.3) is 0 Å². The molecule has 2 aromatic carbocycles. The van der Waals surface area contributed by atoms with Gasteiger partial charge >= 0.3 is 0 Å². The van der Waals surface area contributed by atoms with E-state index in [1.807, 2.05) is 31.2 Å². The zero-order valence-electron chi connectivity index (χ0n) is 13.7. The second-order valence-electron chi connectivity index (χ2n) is 5.73. The Bertz CT molecular complexity index is 643. The molecule has 122 valence electrons. The van der Waals surface area contributed by atoms with E-state index in [1.165, 1.54) is 10.5 Å². The summed E-state index contributed by atoms with van der Waals surface area (Å²) in [6.07, 6.45) is 0.502. The van der Waals surface area contributed by atoms with Crippen LogP contribution >= 0.6 is 11.6 Å². The highest BCUT2D eigenvalue weighted by atomic mass is 35.5. The van der Waals surface area contributed by atoms with E-state index in [9.17, 15) is 4.79 Å². The SMILES string of the molecule is CC[NH+](CCC(=O)Nc1cccc(Cl)c1C)Cc1ccccc1. The first-order chi connectivity index (χ1) is 11.1. The Kier molecular flexibility index (Phi) is 6.63. The maximum absolute atomic E-state index is 12.2. The van der Waals surface area contributed by atoms with E-state index in [0.29, 0.717) is 11.4 Å². The van der Waals surface area contributed by atoms with Gasteiger partial charge in [-0.3, -0.25) is 4.79 Å². The molecule has 3 nitrogen and oxygen atoms in total. The minimum absolute atomic E-state index is 0.0365. The zero-order chi connectivity index (χ0) is 16.7. The predicted octanol–water partition coefficient (Wildman–Crippen LogP) is 3.08. The monoisotopic (exact) mass is 331 g/mol. The Morgan fingerprint density at radius 2 is 1.87 bits per heavy atom. The highest BCUT2D eigenvalue weighted by Gasteiger charge is 2.12. The van der Waals surface area contributed by atoms with E-state index in [-0.39, 0.29) is 5.91 Å². The third kappa shape index (κ3) is 5.38. The van der Waals surface area contributed by atoms with Crippen LogP contribution < -0.4 is 10.2 Å². The van der Waals surface area contributed by atoms with Crippen LogP contribution in [0.4, 0.5) is 5.69 Å². The van der Waals surface area contributed by atoms with Gasteiger partial charge in [-0.1, -0.05) is 48.0 Å². The second-order valence-corrected chi connectivity index (χ2v) is 6.13. The van der Waals surface area contributed by atoms with Gasteiger partial charge in [0.2, 0.25) is 5.91 Å². The molecular formula is C19H24ClN2O+. The van der Waals surface area contributed by atoms with Gasteiger partial charge in [-0.25, -0.2) is 0 Å². The number of halogens is 1. The number of hydrogen-bond donors (Lipinski definition) is 2. The normalized spacial score (nSPS) is 12.0. The quantitative estimate of drug-likeness (QED) is 0.803. The van der Waals surface area contributed by atoms with Crippen LogP contribution in [0.15, 0.2) is 48.5 Å². The molecule has 0 spiro atoms. The summed E-state index contributed by atoms with van der Waals surface area (Å²) in [5.74, 6) is 0.0365. The molecule has 2 aromatic rings. The first kappa shape index (κ1) is 17.5. The predicted molar refractivity (Wildman–Crippen MR) is 96.0 cm³/mol. The summed E-state index contributed by atoms with van der Waals surface area (Å²) in [6, 6.07) is 16.0. The number of hydrogen-bond acceptors (Lipinski definition) is 1. The number of carbonyl (C=O) groups excluding carboxylic acids is 1. The van der Waals surface area contributed by atoms with Crippen molar-refractivity contribution >= 4 is 23.2 Å². The van der Waals surface area contributed by atoms with Crippen LogP contribution in [0, 0.1) is 6.92 Å². The largest absolute Gasteiger partial charge is 0.331 e. The summed E-state index contributed by atoms with van der Waals surface area (Å²) in [5, 5.41) is 3.63. The Balaban J connectivity index is 1.86. The molecular weight excluding hydrogens is 308 g/mol.